The number of methoxy groups -OCH3 is 2. The van der Waals surface area contributed by atoms with Gasteiger partial charge in [-0.05, 0) is 37.4 Å². The summed E-state index contributed by atoms with van der Waals surface area (Å²) in [6.45, 7) is 1.64. The summed E-state index contributed by atoms with van der Waals surface area (Å²) in [4.78, 5) is 0. The number of aryl methyl sites for hydroxylation is 1. The van der Waals surface area contributed by atoms with Crippen LogP contribution in [0.4, 0.5) is 4.39 Å². The molecule has 3 nitrogen and oxygen atoms in total. The highest BCUT2D eigenvalue weighted by Crippen LogP contribution is 2.31. The van der Waals surface area contributed by atoms with Crippen molar-refractivity contribution in [2.24, 2.45) is 5.92 Å². The molecule has 1 atom stereocenters. The Labute approximate surface area is 114 Å². The van der Waals surface area contributed by atoms with E-state index in [1.165, 1.54) is 6.07 Å². The third-order valence-electron chi connectivity index (χ3n) is 4.07. The number of benzene rings is 1. The minimum absolute atomic E-state index is 0.128. The van der Waals surface area contributed by atoms with E-state index in [9.17, 15) is 4.39 Å². The lowest BCUT2D eigenvalue weighted by atomic mass is 9.86. The standard InChI is InChI=1S/C15H22FNO2/c1-18-15(19-2)11-17-10-9-13(15)8-7-12-5-3-4-6-14(12)16/h3-6,13,17H,7-11H2,1-2H3. The molecule has 0 amide bonds. The van der Waals surface area contributed by atoms with Crippen molar-refractivity contribution in [3.63, 3.8) is 0 Å². The molecule has 1 fully saturated rings. The van der Waals surface area contributed by atoms with Gasteiger partial charge < -0.3 is 14.8 Å². The molecule has 1 N–H and O–H groups in total. The molecule has 4 heteroatoms. The Bertz CT molecular complexity index is 407. The van der Waals surface area contributed by atoms with Gasteiger partial charge in [0.15, 0.2) is 5.79 Å². The first-order chi connectivity index (χ1) is 9.22. The molecule has 0 radical (unpaired) electrons. The van der Waals surface area contributed by atoms with E-state index in [1.54, 1.807) is 20.3 Å². The normalized spacial score (nSPS) is 22.4. The third kappa shape index (κ3) is 3.14. The van der Waals surface area contributed by atoms with Crippen LogP contribution in [0.3, 0.4) is 0 Å². The van der Waals surface area contributed by atoms with Crippen molar-refractivity contribution in [3.05, 3.63) is 35.6 Å². The average Bonchev–Trinajstić information content (AvgIpc) is 2.47. The largest absolute Gasteiger partial charge is 0.352 e. The van der Waals surface area contributed by atoms with Crippen molar-refractivity contribution in [1.29, 1.82) is 0 Å². The van der Waals surface area contributed by atoms with Crippen LogP contribution >= 0.6 is 0 Å². The summed E-state index contributed by atoms with van der Waals surface area (Å²) in [5.74, 6) is -0.427. The zero-order chi connectivity index (χ0) is 13.7. The third-order valence-corrected chi connectivity index (χ3v) is 4.07. The van der Waals surface area contributed by atoms with E-state index in [4.69, 9.17) is 9.47 Å². The van der Waals surface area contributed by atoms with Gasteiger partial charge >= 0.3 is 0 Å². The molecule has 0 saturated carbocycles. The molecule has 2 rings (SSSR count). The molecular formula is C15H22FNO2. The first-order valence-corrected chi connectivity index (χ1v) is 6.76. The fourth-order valence-electron chi connectivity index (χ4n) is 2.86. The molecule has 1 saturated heterocycles. The molecule has 19 heavy (non-hydrogen) atoms. The Morgan fingerprint density at radius 3 is 2.74 bits per heavy atom. The van der Waals surface area contributed by atoms with Gasteiger partial charge in [0, 0.05) is 20.1 Å². The van der Waals surface area contributed by atoms with Crippen LogP contribution in [0.2, 0.25) is 0 Å². The Kier molecular flexibility index (Phi) is 4.91. The van der Waals surface area contributed by atoms with Crippen molar-refractivity contribution in [2.75, 3.05) is 27.3 Å². The molecule has 0 aromatic heterocycles. The van der Waals surface area contributed by atoms with Gasteiger partial charge in [-0.2, -0.15) is 0 Å². The summed E-state index contributed by atoms with van der Waals surface area (Å²) in [7, 11) is 3.35. The fraction of sp³-hybridized carbons (Fsp3) is 0.600. The summed E-state index contributed by atoms with van der Waals surface area (Å²) in [5.41, 5.74) is 0.766. The highest BCUT2D eigenvalue weighted by atomic mass is 19.1. The minimum atomic E-state index is -0.580. The summed E-state index contributed by atoms with van der Waals surface area (Å²) in [6.07, 6.45) is 2.56. The number of nitrogens with one attached hydrogen (secondary N) is 1. The number of halogens is 1. The zero-order valence-electron chi connectivity index (χ0n) is 11.6. The summed E-state index contributed by atoms with van der Waals surface area (Å²) in [5, 5.41) is 3.29. The van der Waals surface area contributed by atoms with Gasteiger partial charge in [-0.15, -0.1) is 0 Å². The van der Waals surface area contributed by atoms with Crippen LogP contribution < -0.4 is 5.32 Å². The molecule has 1 heterocycles. The molecule has 0 spiro atoms. The molecule has 1 aliphatic heterocycles. The molecule has 1 aliphatic rings. The molecule has 0 bridgehead atoms. The van der Waals surface area contributed by atoms with E-state index in [0.29, 0.717) is 13.0 Å². The minimum Gasteiger partial charge on any atom is -0.352 e. The van der Waals surface area contributed by atoms with Crippen molar-refractivity contribution in [2.45, 2.75) is 25.0 Å². The second-order valence-corrected chi connectivity index (χ2v) is 5.01. The molecule has 106 valence electrons. The molecular weight excluding hydrogens is 245 g/mol. The van der Waals surface area contributed by atoms with Crippen molar-refractivity contribution >= 4 is 0 Å². The number of hydrogen-bond acceptors (Lipinski definition) is 3. The van der Waals surface area contributed by atoms with Crippen LogP contribution in [0, 0.1) is 11.7 Å². The molecule has 0 aliphatic carbocycles. The van der Waals surface area contributed by atoms with Crippen molar-refractivity contribution in [1.82, 2.24) is 5.32 Å². The van der Waals surface area contributed by atoms with E-state index >= 15 is 0 Å². The topological polar surface area (TPSA) is 30.5 Å². The van der Waals surface area contributed by atoms with E-state index in [-0.39, 0.29) is 11.7 Å². The maximum Gasteiger partial charge on any atom is 0.182 e. The summed E-state index contributed by atoms with van der Waals surface area (Å²) in [6, 6.07) is 6.95. The zero-order valence-corrected chi connectivity index (χ0v) is 11.6. The first kappa shape index (κ1) is 14.4. The van der Waals surface area contributed by atoms with E-state index in [2.05, 4.69) is 5.32 Å². The van der Waals surface area contributed by atoms with E-state index in [0.717, 1.165) is 24.9 Å². The van der Waals surface area contributed by atoms with Gasteiger partial charge in [-0.1, -0.05) is 18.2 Å². The summed E-state index contributed by atoms with van der Waals surface area (Å²) < 4.78 is 24.8. The molecule has 1 aromatic rings. The van der Waals surface area contributed by atoms with Gasteiger partial charge in [-0.25, -0.2) is 4.39 Å². The summed E-state index contributed by atoms with van der Waals surface area (Å²) >= 11 is 0. The first-order valence-electron chi connectivity index (χ1n) is 6.76. The van der Waals surface area contributed by atoms with Gasteiger partial charge in [0.1, 0.15) is 5.82 Å². The van der Waals surface area contributed by atoms with Gasteiger partial charge in [0.25, 0.3) is 0 Å². The SMILES string of the molecule is COC1(OC)CNCCC1CCc1ccccc1F. The monoisotopic (exact) mass is 267 g/mol. The van der Waals surface area contributed by atoms with Crippen molar-refractivity contribution in [3.8, 4) is 0 Å². The maximum atomic E-state index is 13.6. The highest BCUT2D eigenvalue weighted by molar-refractivity contribution is 5.17. The van der Waals surface area contributed by atoms with Crippen LogP contribution in [-0.2, 0) is 15.9 Å². The predicted octanol–water partition coefficient (Wildman–Crippen LogP) is 2.36. The predicted molar refractivity (Wildman–Crippen MR) is 72.4 cm³/mol. The van der Waals surface area contributed by atoms with Gasteiger partial charge in [-0.3, -0.25) is 0 Å². The lowest BCUT2D eigenvalue weighted by Crippen LogP contribution is -2.54. The van der Waals surface area contributed by atoms with Gasteiger partial charge in [0.2, 0.25) is 0 Å². The Hall–Kier alpha value is -0.970. The number of piperidine rings is 1. The maximum absolute atomic E-state index is 13.6. The van der Waals surface area contributed by atoms with Crippen LogP contribution in [0.1, 0.15) is 18.4 Å². The van der Waals surface area contributed by atoms with Crippen LogP contribution in [0.5, 0.6) is 0 Å². The average molecular weight is 267 g/mol. The fourth-order valence-corrected chi connectivity index (χ4v) is 2.86. The Balaban J connectivity index is 2.02. The van der Waals surface area contributed by atoms with Crippen LogP contribution in [0.25, 0.3) is 0 Å². The lowest BCUT2D eigenvalue weighted by Gasteiger charge is -2.42. The van der Waals surface area contributed by atoms with Crippen LogP contribution in [-0.4, -0.2) is 33.1 Å². The van der Waals surface area contributed by atoms with E-state index in [1.807, 2.05) is 12.1 Å². The smallest absolute Gasteiger partial charge is 0.182 e. The second-order valence-electron chi connectivity index (χ2n) is 5.01. The molecule has 1 aromatic carbocycles. The number of hydrogen-bond donors (Lipinski definition) is 1. The second kappa shape index (κ2) is 6.46. The Morgan fingerprint density at radius 1 is 1.32 bits per heavy atom. The quantitative estimate of drug-likeness (QED) is 0.831. The lowest BCUT2D eigenvalue weighted by molar-refractivity contribution is -0.246. The Morgan fingerprint density at radius 2 is 2.05 bits per heavy atom. The van der Waals surface area contributed by atoms with Crippen molar-refractivity contribution < 1.29 is 13.9 Å². The van der Waals surface area contributed by atoms with Crippen LogP contribution in [0.15, 0.2) is 24.3 Å². The van der Waals surface area contributed by atoms with Gasteiger partial charge in [0.05, 0.1) is 6.54 Å². The molecule has 1 unspecified atom stereocenters. The number of ether oxygens (including phenoxy) is 2. The highest BCUT2D eigenvalue weighted by Gasteiger charge is 2.40. The van der Waals surface area contributed by atoms with E-state index < -0.39 is 5.79 Å². The number of rotatable bonds is 5.